The van der Waals surface area contributed by atoms with Crippen molar-refractivity contribution in [1.82, 2.24) is 4.90 Å². The van der Waals surface area contributed by atoms with E-state index >= 15 is 0 Å². The van der Waals surface area contributed by atoms with E-state index < -0.39 is 6.36 Å². The molecule has 0 saturated carbocycles. The second-order valence-corrected chi connectivity index (χ2v) is 4.33. The second kappa shape index (κ2) is 6.02. The molecular formula is C13H13ClF3NO. The van der Waals surface area contributed by atoms with Gasteiger partial charge in [-0.25, -0.2) is 0 Å². The van der Waals surface area contributed by atoms with Crippen LogP contribution in [-0.2, 0) is 6.54 Å². The Hall–Kier alpha value is -1.62. The summed E-state index contributed by atoms with van der Waals surface area (Å²) in [7, 11) is 0. The summed E-state index contributed by atoms with van der Waals surface area (Å²) in [6, 6.07) is 5.67. The average molecular weight is 292 g/mol. The van der Waals surface area contributed by atoms with Crippen LogP contribution in [0, 0.1) is 0 Å². The minimum atomic E-state index is -4.71. The summed E-state index contributed by atoms with van der Waals surface area (Å²) in [6.07, 6.45) is -4.71. The lowest BCUT2D eigenvalue weighted by molar-refractivity contribution is -0.274. The zero-order valence-corrected chi connectivity index (χ0v) is 11.1. The smallest absolute Gasteiger partial charge is 0.406 e. The summed E-state index contributed by atoms with van der Waals surface area (Å²) >= 11 is 5.79. The summed E-state index contributed by atoms with van der Waals surface area (Å²) in [5.74, 6) is -0.271. The molecular weight excluding hydrogens is 279 g/mol. The lowest BCUT2D eigenvalue weighted by atomic mass is 10.2. The molecule has 1 rings (SSSR count). The molecule has 0 N–H and O–H groups in total. The van der Waals surface area contributed by atoms with Crippen LogP contribution in [0.3, 0.4) is 0 Å². The lowest BCUT2D eigenvalue weighted by Gasteiger charge is -2.23. The number of nitrogens with zero attached hydrogens (tertiary/aromatic N) is 1. The zero-order chi connectivity index (χ0) is 14.6. The first-order valence-corrected chi connectivity index (χ1v) is 5.69. The first-order chi connectivity index (χ1) is 8.69. The third-order valence-corrected chi connectivity index (χ3v) is 2.43. The van der Waals surface area contributed by atoms with Gasteiger partial charge in [0.25, 0.3) is 0 Å². The topological polar surface area (TPSA) is 12.5 Å². The summed E-state index contributed by atoms with van der Waals surface area (Å²) in [4.78, 5) is 1.58. The van der Waals surface area contributed by atoms with Crippen LogP contribution >= 0.6 is 11.6 Å². The number of rotatable bonds is 5. The van der Waals surface area contributed by atoms with Crippen LogP contribution in [-0.4, -0.2) is 11.3 Å². The first kappa shape index (κ1) is 15.4. The van der Waals surface area contributed by atoms with E-state index in [0.29, 0.717) is 11.3 Å². The normalized spacial score (nSPS) is 11.0. The van der Waals surface area contributed by atoms with Gasteiger partial charge in [0, 0.05) is 12.2 Å². The number of hydrogen-bond acceptors (Lipinski definition) is 2. The fraction of sp³-hybridized carbons (Fsp3) is 0.231. The van der Waals surface area contributed by atoms with E-state index in [9.17, 15) is 13.2 Å². The van der Waals surface area contributed by atoms with E-state index in [2.05, 4.69) is 17.9 Å². The molecule has 1 aromatic carbocycles. The van der Waals surface area contributed by atoms with Crippen molar-refractivity contribution in [2.45, 2.75) is 19.8 Å². The van der Waals surface area contributed by atoms with Crippen LogP contribution in [0.5, 0.6) is 5.75 Å². The lowest BCUT2D eigenvalue weighted by Crippen LogP contribution is -2.18. The van der Waals surface area contributed by atoms with Crippen molar-refractivity contribution in [2.24, 2.45) is 0 Å². The number of halogens is 4. The van der Waals surface area contributed by atoms with Crippen LogP contribution in [0.1, 0.15) is 12.5 Å². The maximum atomic E-state index is 12.1. The molecule has 104 valence electrons. The van der Waals surface area contributed by atoms with Gasteiger partial charge in [-0.15, -0.1) is 13.2 Å². The summed E-state index contributed by atoms with van der Waals surface area (Å²) in [6.45, 7) is 9.29. The summed E-state index contributed by atoms with van der Waals surface area (Å²) in [5.41, 5.74) is 1.24. The Kier molecular flexibility index (Phi) is 4.89. The van der Waals surface area contributed by atoms with E-state index in [1.54, 1.807) is 17.9 Å². The van der Waals surface area contributed by atoms with Crippen molar-refractivity contribution in [2.75, 3.05) is 0 Å². The van der Waals surface area contributed by atoms with Gasteiger partial charge in [-0.1, -0.05) is 36.9 Å². The minimum Gasteiger partial charge on any atom is -0.406 e. The molecule has 6 heteroatoms. The second-order valence-electron chi connectivity index (χ2n) is 3.89. The Labute approximate surface area is 114 Å². The van der Waals surface area contributed by atoms with Crippen molar-refractivity contribution in [3.8, 4) is 5.75 Å². The summed E-state index contributed by atoms with van der Waals surface area (Å²) < 4.78 is 40.2. The van der Waals surface area contributed by atoms with Gasteiger partial charge in [0.05, 0.1) is 0 Å². The van der Waals surface area contributed by atoms with Crippen LogP contribution in [0.4, 0.5) is 13.2 Å². The Morgan fingerprint density at radius 3 is 2.47 bits per heavy atom. The molecule has 0 aliphatic carbocycles. The monoisotopic (exact) mass is 291 g/mol. The van der Waals surface area contributed by atoms with E-state index in [0.717, 1.165) is 0 Å². The molecule has 0 aliphatic rings. The van der Waals surface area contributed by atoms with Crippen molar-refractivity contribution >= 4 is 11.6 Å². The molecule has 0 radical (unpaired) electrons. The molecule has 0 fully saturated rings. The van der Waals surface area contributed by atoms with Gasteiger partial charge in [0.1, 0.15) is 10.9 Å². The Balaban J connectivity index is 2.87. The molecule has 0 bridgehead atoms. The van der Waals surface area contributed by atoms with Gasteiger partial charge in [-0.3, -0.25) is 0 Å². The SMILES string of the molecule is C=C(C)N(Cc1cccc(OC(F)(F)F)c1)C(=C)Cl. The molecule has 0 aromatic heterocycles. The van der Waals surface area contributed by atoms with E-state index in [4.69, 9.17) is 11.6 Å². The highest BCUT2D eigenvalue weighted by Gasteiger charge is 2.31. The molecule has 0 heterocycles. The number of allylic oxidation sites excluding steroid dienone is 1. The quantitative estimate of drug-likeness (QED) is 0.733. The molecule has 0 unspecified atom stereocenters. The number of ether oxygens (including phenoxy) is 1. The van der Waals surface area contributed by atoms with Gasteiger partial charge in [-0.05, 0) is 24.6 Å². The molecule has 0 amide bonds. The van der Waals surface area contributed by atoms with Crippen molar-refractivity contribution < 1.29 is 17.9 Å². The molecule has 2 nitrogen and oxygen atoms in total. The maximum absolute atomic E-state index is 12.1. The van der Waals surface area contributed by atoms with Crippen LogP contribution < -0.4 is 4.74 Å². The van der Waals surface area contributed by atoms with E-state index in [1.165, 1.54) is 18.2 Å². The van der Waals surface area contributed by atoms with E-state index in [1.807, 2.05) is 0 Å². The largest absolute Gasteiger partial charge is 0.573 e. The van der Waals surface area contributed by atoms with Crippen molar-refractivity contribution in [3.63, 3.8) is 0 Å². The molecule has 0 spiro atoms. The maximum Gasteiger partial charge on any atom is 0.573 e. The van der Waals surface area contributed by atoms with Crippen LogP contribution in [0.15, 0.2) is 48.3 Å². The van der Waals surface area contributed by atoms with Crippen LogP contribution in [0.25, 0.3) is 0 Å². The Morgan fingerprint density at radius 1 is 1.37 bits per heavy atom. The highest BCUT2D eigenvalue weighted by molar-refractivity contribution is 6.28. The van der Waals surface area contributed by atoms with Gasteiger partial charge in [0.2, 0.25) is 0 Å². The highest BCUT2D eigenvalue weighted by atomic mass is 35.5. The first-order valence-electron chi connectivity index (χ1n) is 5.31. The highest BCUT2D eigenvalue weighted by Crippen LogP contribution is 2.25. The third kappa shape index (κ3) is 5.26. The van der Waals surface area contributed by atoms with Crippen LogP contribution in [0.2, 0.25) is 0 Å². The Morgan fingerprint density at radius 2 is 2.00 bits per heavy atom. The van der Waals surface area contributed by atoms with Gasteiger partial charge >= 0.3 is 6.36 Å². The van der Waals surface area contributed by atoms with Gasteiger partial charge < -0.3 is 9.64 Å². The zero-order valence-electron chi connectivity index (χ0n) is 10.3. The standard InChI is InChI=1S/C13H13ClF3NO/c1-9(2)18(10(3)14)8-11-5-4-6-12(7-11)19-13(15,16)17/h4-7H,1,3,8H2,2H3. The molecule has 0 atom stereocenters. The fourth-order valence-electron chi connectivity index (χ4n) is 1.45. The van der Waals surface area contributed by atoms with E-state index in [-0.39, 0.29) is 17.5 Å². The fourth-order valence-corrected chi connectivity index (χ4v) is 1.66. The molecule has 1 aromatic rings. The van der Waals surface area contributed by atoms with Gasteiger partial charge in [0.15, 0.2) is 0 Å². The Bertz CT molecular complexity index is 471. The average Bonchev–Trinajstić information content (AvgIpc) is 2.23. The number of alkyl halides is 3. The molecule has 19 heavy (non-hydrogen) atoms. The number of benzene rings is 1. The molecule has 0 aliphatic heterocycles. The minimum absolute atomic E-state index is 0.245. The van der Waals surface area contributed by atoms with Crippen molar-refractivity contribution in [3.05, 3.63) is 53.8 Å². The predicted octanol–water partition coefficient (Wildman–Crippen LogP) is 4.63. The number of hydrogen-bond donors (Lipinski definition) is 0. The third-order valence-electron chi connectivity index (χ3n) is 2.23. The summed E-state index contributed by atoms with van der Waals surface area (Å²) in [5, 5.41) is 0.245. The van der Waals surface area contributed by atoms with Gasteiger partial charge in [-0.2, -0.15) is 0 Å². The van der Waals surface area contributed by atoms with Crippen molar-refractivity contribution in [1.29, 1.82) is 0 Å². The predicted molar refractivity (Wildman–Crippen MR) is 68.5 cm³/mol. The molecule has 0 saturated heterocycles.